The Morgan fingerprint density at radius 2 is 1.86 bits per heavy atom. The minimum absolute atomic E-state index is 0.798. The Morgan fingerprint density at radius 1 is 1.09 bits per heavy atom. The van der Waals surface area contributed by atoms with Gasteiger partial charge < -0.3 is 9.64 Å². The number of nitrogens with zero attached hydrogens (tertiary/aromatic N) is 3. The number of halogens is 1. The molecule has 3 rings (SSSR count). The molecule has 116 valence electrons. The number of methoxy groups -OCH3 is 1. The van der Waals surface area contributed by atoms with Crippen LogP contribution in [0.25, 0.3) is 0 Å². The van der Waals surface area contributed by atoms with E-state index in [0.29, 0.717) is 0 Å². The molecular formula is C17H20ClN3O. The summed E-state index contributed by atoms with van der Waals surface area (Å²) in [5.41, 5.74) is 2.21. The second kappa shape index (κ2) is 6.99. The number of rotatable bonds is 4. The van der Waals surface area contributed by atoms with Crippen molar-refractivity contribution in [2.45, 2.75) is 6.54 Å². The molecule has 1 saturated heterocycles. The number of benzene rings is 1. The Hall–Kier alpha value is -1.78. The Morgan fingerprint density at radius 3 is 2.50 bits per heavy atom. The van der Waals surface area contributed by atoms with Crippen LogP contribution in [0, 0.1) is 0 Å². The number of hydrogen-bond acceptors (Lipinski definition) is 4. The molecule has 1 fully saturated rings. The zero-order valence-electron chi connectivity index (χ0n) is 12.7. The second-order valence-electron chi connectivity index (χ2n) is 5.40. The number of anilines is 1. The van der Waals surface area contributed by atoms with Crippen LogP contribution >= 0.6 is 11.6 Å². The molecule has 0 aliphatic carbocycles. The van der Waals surface area contributed by atoms with Crippen molar-refractivity contribution < 1.29 is 4.74 Å². The monoisotopic (exact) mass is 317 g/mol. The van der Waals surface area contributed by atoms with E-state index in [1.807, 2.05) is 30.3 Å². The SMILES string of the molecule is COc1ccc(CN2CCN(c3ccccc3Cl)CC2)nc1. The van der Waals surface area contributed by atoms with Crippen molar-refractivity contribution >= 4 is 17.3 Å². The maximum atomic E-state index is 6.28. The van der Waals surface area contributed by atoms with Gasteiger partial charge in [-0.3, -0.25) is 9.88 Å². The van der Waals surface area contributed by atoms with Crippen molar-refractivity contribution in [2.75, 3.05) is 38.2 Å². The third-order valence-corrected chi connectivity index (χ3v) is 4.30. The minimum Gasteiger partial charge on any atom is -0.495 e. The number of pyridine rings is 1. The molecule has 0 N–H and O–H groups in total. The van der Waals surface area contributed by atoms with Crippen LogP contribution in [0.2, 0.25) is 5.02 Å². The number of ether oxygens (including phenoxy) is 1. The first-order valence-electron chi connectivity index (χ1n) is 7.47. The average Bonchev–Trinajstić information content (AvgIpc) is 2.57. The molecule has 0 saturated carbocycles. The Bertz CT molecular complexity index is 610. The fraction of sp³-hybridized carbons (Fsp3) is 0.353. The van der Waals surface area contributed by atoms with Gasteiger partial charge in [0, 0.05) is 32.7 Å². The quantitative estimate of drug-likeness (QED) is 0.866. The molecule has 0 atom stereocenters. The molecule has 1 aliphatic heterocycles. The molecule has 2 heterocycles. The third-order valence-electron chi connectivity index (χ3n) is 3.98. The zero-order chi connectivity index (χ0) is 15.4. The normalized spacial score (nSPS) is 15.8. The van der Waals surface area contributed by atoms with E-state index in [1.165, 1.54) is 0 Å². The largest absolute Gasteiger partial charge is 0.495 e. The van der Waals surface area contributed by atoms with Crippen molar-refractivity contribution in [2.24, 2.45) is 0 Å². The van der Waals surface area contributed by atoms with Crippen LogP contribution in [0.15, 0.2) is 42.6 Å². The van der Waals surface area contributed by atoms with Crippen molar-refractivity contribution in [1.29, 1.82) is 0 Å². The lowest BCUT2D eigenvalue weighted by atomic mass is 10.2. The smallest absolute Gasteiger partial charge is 0.137 e. The van der Waals surface area contributed by atoms with Crippen LogP contribution in [0.4, 0.5) is 5.69 Å². The summed E-state index contributed by atoms with van der Waals surface area (Å²) in [6, 6.07) is 12.0. The first-order chi connectivity index (χ1) is 10.8. The van der Waals surface area contributed by atoms with Crippen LogP contribution in [-0.4, -0.2) is 43.2 Å². The van der Waals surface area contributed by atoms with Crippen LogP contribution in [0.1, 0.15) is 5.69 Å². The topological polar surface area (TPSA) is 28.6 Å². The van der Waals surface area contributed by atoms with Crippen LogP contribution < -0.4 is 9.64 Å². The van der Waals surface area contributed by atoms with E-state index in [9.17, 15) is 0 Å². The number of para-hydroxylation sites is 1. The molecule has 1 aromatic heterocycles. The molecule has 1 aliphatic rings. The van der Waals surface area contributed by atoms with E-state index in [2.05, 4.69) is 20.9 Å². The highest BCUT2D eigenvalue weighted by atomic mass is 35.5. The van der Waals surface area contributed by atoms with Gasteiger partial charge in [0.25, 0.3) is 0 Å². The summed E-state index contributed by atoms with van der Waals surface area (Å²) < 4.78 is 5.14. The fourth-order valence-corrected chi connectivity index (χ4v) is 2.96. The van der Waals surface area contributed by atoms with Gasteiger partial charge in [-0.2, -0.15) is 0 Å². The Kier molecular flexibility index (Phi) is 4.80. The van der Waals surface area contributed by atoms with Gasteiger partial charge >= 0.3 is 0 Å². The summed E-state index contributed by atoms with van der Waals surface area (Å²) in [5, 5.41) is 0.827. The number of aromatic nitrogens is 1. The van der Waals surface area contributed by atoms with E-state index in [4.69, 9.17) is 16.3 Å². The Balaban J connectivity index is 1.56. The maximum Gasteiger partial charge on any atom is 0.137 e. The van der Waals surface area contributed by atoms with Gasteiger partial charge in [0.15, 0.2) is 0 Å². The van der Waals surface area contributed by atoms with E-state index in [1.54, 1.807) is 13.3 Å². The maximum absolute atomic E-state index is 6.28. The predicted molar refractivity (Wildman–Crippen MR) is 89.7 cm³/mol. The van der Waals surface area contributed by atoms with Gasteiger partial charge in [-0.15, -0.1) is 0 Å². The molecule has 1 aromatic carbocycles. The molecule has 4 nitrogen and oxygen atoms in total. The van der Waals surface area contributed by atoms with Crippen LogP contribution in [0.5, 0.6) is 5.75 Å². The highest BCUT2D eigenvalue weighted by molar-refractivity contribution is 6.33. The van der Waals surface area contributed by atoms with Gasteiger partial charge in [-0.25, -0.2) is 0 Å². The summed E-state index contributed by atoms with van der Waals surface area (Å²) in [4.78, 5) is 9.20. The zero-order valence-corrected chi connectivity index (χ0v) is 13.5. The van der Waals surface area contributed by atoms with E-state index >= 15 is 0 Å². The molecule has 0 bridgehead atoms. The van der Waals surface area contributed by atoms with Gasteiger partial charge in [-0.05, 0) is 24.3 Å². The highest BCUT2D eigenvalue weighted by Crippen LogP contribution is 2.26. The lowest BCUT2D eigenvalue weighted by molar-refractivity contribution is 0.247. The van der Waals surface area contributed by atoms with Gasteiger partial charge in [0.1, 0.15) is 5.75 Å². The van der Waals surface area contributed by atoms with Gasteiger partial charge in [-0.1, -0.05) is 23.7 Å². The van der Waals surface area contributed by atoms with Gasteiger partial charge in [0.05, 0.1) is 29.7 Å². The van der Waals surface area contributed by atoms with Crippen LogP contribution in [-0.2, 0) is 6.54 Å². The summed E-state index contributed by atoms with van der Waals surface area (Å²) in [5.74, 6) is 0.798. The van der Waals surface area contributed by atoms with Crippen molar-refractivity contribution in [1.82, 2.24) is 9.88 Å². The molecule has 2 aromatic rings. The minimum atomic E-state index is 0.798. The van der Waals surface area contributed by atoms with Crippen molar-refractivity contribution in [3.8, 4) is 5.75 Å². The number of piperazine rings is 1. The number of hydrogen-bond donors (Lipinski definition) is 0. The molecule has 0 amide bonds. The van der Waals surface area contributed by atoms with E-state index in [0.717, 1.165) is 54.9 Å². The summed E-state index contributed by atoms with van der Waals surface area (Å²) >= 11 is 6.28. The molecule has 0 radical (unpaired) electrons. The van der Waals surface area contributed by atoms with Crippen LogP contribution in [0.3, 0.4) is 0 Å². The summed E-state index contributed by atoms with van der Waals surface area (Å²) in [7, 11) is 1.66. The lowest BCUT2D eigenvalue weighted by Gasteiger charge is -2.36. The standard InChI is InChI=1S/C17H20ClN3O/c1-22-15-7-6-14(19-12-15)13-20-8-10-21(11-9-20)17-5-3-2-4-16(17)18/h2-7,12H,8-11,13H2,1H3. The molecule has 5 heteroatoms. The van der Waals surface area contributed by atoms with Crippen molar-refractivity contribution in [3.05, 3.63) is 53.3 Å². The average molecular weight is 318 g/mol. The molecular weight excluding hydrogens is 298 g/mol. The first kappa shape index (κ1) is 15.1. The molecule has 22 heavy (non-hydrogen) atoms. The molecule has 0 unspecified atom stereocenters. The molecule has 0 spiro atoms. The fourth-order valence-electron chi connectivity index (χ4n) is 2.71. The summed E-state index contributed by atoms with van der Waals surface area (Å²) in [6.45, 7) is 4.87. The lowest BCUT2D eigenvalue weighted by Crippen LogP contribution is -2.46. The van der Waals surface area contributed by atoms with E-state index in [-0.39, 0.29) is 0 Å². The van der Waals surface area contributed by atoms with Gasteiger partial charge in [0.2, 0.25) is 0 Å². The highest BCUT2D eigenvalue weighted by Gasteiger charge is 2.19. The van der Waals surface area contributed by atoms with E-state index < -0.39 is 0 Å². The Labute approximate surface area is 136 Å². The first-order valence-corrected chi connectivity index (χ1v) is 7.85. The second-order valence-corrected chi connectivity index (χ2v) is 5.81. The summed E-state index contributed by atoms with van der Waals surface area (Å²) in [6.07, 6.45) is 1.77. The van der Waals surface area contributed by atoms with Crippen molar-refractivity contribution in [3.63, 3.8) is 0 Å². The third kappa shape index (κ3) is 3.51. The predicted octanol–water partition coefficient (Wildman–Crippen LogP) is 3.07.